The van der Waals surface area contributed by atoms with Gasteiger partial charge in [0.1, 0.15) is 0 Å². The van der Waals surface area contributed by atoms with Gasteiger partial charge in [-0.3, -0.25) is 0 Å². The predicted molar refractivity (Wildman–Crippen MR) is 101 cm³/mol. The molecule has 0 bridgehead atoms. The highest BCUT2D eigenvalue weighted by Crippen LogP contribution is 2.40. The van der Waals surface area contributed by atoms with Crippen LogP contribution < -0.4 is 4.74 Å². The highest BCUT2D eigenvalue weighted by atomic mass is 16.5. The number of carbonyl (C=O) groups excluding carboxylic acids is 2. The van der Waals surface area contributed by atoms with E-state index in [4.69, 9.17) is 18.9 Å². The van der Waals surface area contributed by atoms with Gasteiger partial charge >= 0.3 is 11.9 Å². The molecule has 0 amide bonds. The molecule has 0 saturated heterocycles. The zero-order chi connectivity index (χ0) is 20.7. The first kappa shape index (κ1) is 21.3. The highest BCUT2D eigenvalue weighted by molar-refractivity contribution is 5.98. The Bertz CT molecular complexity index is 751. The maximum absolute atomic E-state index is 12.5. The first-order valence-electron chi connectivity index (χ1n) is 8.77. The van der Waals surface area contributed by atoms with Crippen LogP contribution in [0.15, 0.2) is 41.7 Å². The van der Waals surface area contributed by atoms with Gasteiger partial charge in [-0.25, -0.2) is 9.59 Å². The number of methoxy groups -OCH3 is 3. The molecule has 8 nitrogen and oxygen atoms in total. The number of carbonyl (C=O) groups is 2. The largest absolute Gasteiger partial charge is 0.504 e. The molecule has 1 aliphatic heterocycles. The second-order valence-corrected chi connectivity index (χ2v) is 5.98. The summed E-state index contributed by atoms with van der Waals surface area (Å²) in [6, 6.07) is 4.68. The van der Waals surface area contributed by atoms with Gasteiger partial charge in [0.15, 0.2) is 11.5 Å². The van der Waals surface area contributed by atoms with Crippen molar-refractivity contribution >= 4 is 11.9 Å². The Labute approximate surface area is 163 Å². The molecule has 0 aliphatic carbocycles. The molecule has 1 aromatic carbocycles. The first-order chi connectivity index (χ1) is 13.5. The van der Waals surface area contributed by atoms with Crippen molar-refractivity contribution in [3.05, 3.63) is 47.3 Å². The molecule has 0 atom stereocenters. The molecule has 0 unspecified atom stereocenters. The van der Waals surface area contributed by atoms with Crippen molar-refractivity contribution < 1.29 is 33.6 Å². The number of hydrogen-bond donors (Lipinski definition) is 1. The van der Waals surface area contributed by atoms with E-state index in [1.807, 2.05) is 0 Å². The number of phenolic OH excluding ortho intramolecular Hbond substituents is 1. The third-order valence-electron chi connectivity index (χ3n) is 4.24. The molecule has 1 heterocycles. The Morgan fingerprint density at radius 2 is 1.68 bits per heavy atom. The van der Waals surface area contributed by atoms with E-state index in [0.717, 1.165) is 0 Å². The average Bonchev–Trinajstić information content (AvgIpc) is 2.72. The van der Waals surface area contributed by atoms with Crippen molar-refractivity contribution in [1.82, 2.24) is 4.90 Å². The van der Waals surface area contributed by atoms with Crippen LogP contribution in [0.25, 0.3) is 0 Å². The van der Waals surface area contributed by atoms with Crippen LogP contribution in [-0.2, 0) is 23.8 Å². The first-order valence-corrected chi connectivity index (χ1v) is 8.77. The molecule has 0 saturated carbocycles. The Balaban J connectivity index is 2.58. The molecular weight excluding hydrogens is 366 g/mol. The molecule has 0 radical (unpaired) electrons. The molecule has 2 rings (SSSR count). The van der Waals surface area contributed by atoms with Gasteiger partial charge < -0.3 is 29.0 Å². The van der Waals surface area contributed by atoms with Crippen molar-refractivity contribution in [1.29, 1.82) is 0 Å². The van der Waals surface area contributed by atoms with E-state index in [2.05, 4.69) is 0 Å². The van der Waals surface area contributed by atoms with Gasteiger partial charge in [-0.15, -0.1) is 0 Å². The number of nitrogens with zero attached hydrogens (tertiary/aromatic N) is 1. The van der Waals surface area contributed by atoms with Crippen LogP contribution in [0.5, 0.6) is 11.5 Å². The van der Waals surface area contributed by atoms with E-state index in [1.165, 1.54) is 20.3 Å². The van der Waals surface area contributed by atoms with Gasteiger partial charge in [0.05, 0.1) is 44.5 Å². The van der Waals surface area contributed by atoms with Gasteiger partial charge in [-0.05, 0) is 24.6 Å². The highest BCUT2D eigenvalue weighted by Gasteiger charge is 2.35. The summed E-state index contributed by atoms with van der Waals surface area (Å²) < 4.78 is 20.4. The standard InChI is InChI=1S/C20H25NO7/c1-5-28-17-10-13(6-7-16(17)22)18-14(19(23)26-3)11-21(8-9-25-2)12-15(18)20(24)27-4/h6-7,10-12,18,22H,5,8-9H2,1-4H3. The Morgan fingerprint density at radius 1 is 1.07 bits per heavy atom. The van der Waals surface area contributed by atoms with Crippen LogP contribution >= 0.6 is 0 Å². The molecule has 28 heavy (non-hydrogen) atoms. The topological polar surface area (TPSA) is 94.5 Å². The number of ether oxygens (including phenoxy) is 4. The Hall–Kier alpha value is -3.00. The van der Waals surface area contributed by atoms with Crippen molar-refractivity contribution in [2.24, 2.45) is 0 Å². The summed E-state index contributed by atoms with van der Waals surface area (Å²) >= 11 is 0. The summed E-state index contributed by atoms with van der Waals surface area (Å²) in [6.07, 6.45) is 3.24. The Morgan fingerprint density at radius 3 is 2.18 bits per heavy atom. The SMILES string of the molecule is CCOc1cc(C2C(C(=O)OC)=CN(CCOC)C=C2C(=O)OC)ccc1O. The fourth-order valence-corrected chi connectivity index (χ4v) is 2.95. The molecule has 0 fully saturated rings. The minimum absolute atomic E-state index is 0.0321. The quantitative estimate of drug-likeness (QED) is 0.672. The van der Waals surface area contributed by atoms with Crippen molar-refractivity contribution in [2.45, 2.75) is 12.8 Å². The lowest BCUT2D eigenvalue weighted by Gasteiger charge is -2.30. The second kappa shape index (κ2) is 9.80. The number of rotatable bonds is 8. The molecule has 1 N–H and O–H groups in total. The summed E-state index contributed by atoms with van der Waals surface area (Å²) in [5.74, 6) is -1.66. The third kappa shape index (κ3) is 4.64. The maximum Gasteiger partial charge on any atom is 0.336 e. The van der Waals surface area contributed by atoms with Gasteiger partial charge in [0.2, 0.25) is 0 Å². The zero-order valence-corrected chi connectivity index (χ0v) is 16.4. The molecule has 1 aliphatic rings. The minimum atomic E-state index is -0.737. The monoisotopic (exact) mass is 391 g/mol. The van der Waals surface area contributed by atoms with E-state index in [9.17, 15) is 14.7 Å². The van der Waals surface area contributed by atoms with Gasteiger partial charge in [0, 0.05) is 26.1 Å². The summed E-state index contributed by atoms with van der Waals surface area (Å²) in [5.41, 5.74) is 1.10. The lowest BCUT2D eigenvalue weighted by molar-refractivity contribution is -0.137. The number of benzene rings is 1. The van der Waals surface area contributed by atoms with Crippen molar-refractivity contribution in [2.75, 3.05) is 41.1 Å². The number of phenols is 1. The van der Waals surface area contributed by atoms with Gasteiger partial charge in [0.25, 0.3) is 0 Å². The second-order valence-electron chi connectivity index (χ2n) is 5.98. The molecule has 152 valence electrons. The molecule has 8 heteroatoms. The Kier molecular flexibility index (Phi) is 7.45. The van der Waals surface area contributed by atoms with Crippen LogP contribution in [0.1, 0.15) is 18.4 Å². The number of hydrogen-bond acceptors (Lipinski definition) is 8. The van der Waals surface area contributed by atoms with Crippen molar-refractivity contribution in [3.8, 4) is 11.5 Å². The third-order valence-corrected chi connectivity index (χ3v) is 4.24. The van der Waals surface area contributed by atoms with Crippen LogP contribution in [-0.4, -0.2) is 63.0 Å². The van der Waals surface area contributed by atoms with E-state index < -0.39 is 17.9 Å². The summed E-state index contributed by atoms with van der Waals surface area (Å²) in [5, 5.41) is 9.99. The van der Waals surface area contributed by atoms with Crippen LogP contribution in [0.2, 0.25) is 0 Å². The van der Waals surface area contributed by atoms with Gasteiger partial charge in [-0.2, -0.15) is 0 Å². The van der Waals surface area contributed by atoms with Crippen LogP contribution in [0.4, 0.5) is 0 Å². The van der Waals surface area contributed by atoms with E-state index in [1.54, 1.807) is 43.5 Å². The van der Waals surface area contributed by atoms with E-state index >= 15 is 0 Å². The fraction of sp³-hybridized carbons (Fsp3) is 0.400. The van der Waals surface area contributed by atoms with Gasteiger partial charge in [-0.1, -0.05) is 6.07 Å². The molecule has 1 aromatic rings. The number of aromatic hydroxyl groups is 1. The van der Waals surface area contributed by atoms with Crippen molar-refractivity contribution in [3.63, 3.8) is 0 Å². The smallest absolute Gasteiger partial charge is 0.336 e. The molecule has 0 spiro atoms. The normalized spacial score (nSPS) is 14.2. The molecule has 0 aromatic heterocycles. The summed E-state index contributed by atoms with van der Waals surface area (Å²) in [7, 11) is 4.12. The maximum atomic E-state index is 12.5. The zero-order valence-electron chi connectivity index (χ0n) is 16.4. The lowest BCUT2D eigenvalue weighted by atomic mass is 9.83. The number of esters is 2. The minimum Gasteiger partial charge on any atom is -0.504 e. The summed E-state index contributed by atoms with van der Waals surface area (Å²) in [6.45, 7) is 2.98. The average molecular weight is 391 g/mol. The van der Waals surface area contributed by atoms with Crippen LogP contribution in [0, 0.1) is 0 Å². The molecular formula is C20H25NO7. The van der Waals surface area contributed by atoms with E-state index in [-0.39, 0.29) is 22.6 Å². The summed E-state index contributed by atoms with van der Waals surface area (Å²) in [4.78, 5) is 26.7. The van der Waals surface area contributed by atoms with E-state index in [0.29, 0.717) is 25.3 Å². The van der Waals surface area contributed by atoms with Crippen LogP contribution in [0.3, 0.4) is 0 Å². The lowest BCUT2D eigenvalue weighted by Crippen LogP contribution is -2.30. The fourth-order valence-electron chi connectivity index (χ4n) is 2.95. The predicted octanol–water partition coefficient (Wildman–Crippen LogP) is 1.95.